The molecule has 1 amide bonds. The molecule has 0 aromatic carbocycles. The fourth-order valence-corrected chi connectivity index (χ4v) is 1.43. The summed E-state index contributed by atoms with van der Waals surface area (Å²) in [5.74, 6) is 0.477. The molecule has 0 unspecified atom stereocenters. The molecule has 0 atom stereocenters. The van der Waals surface area contributed by atoms with Crippen LogP contribution >= 0.6 is 0 Å². The lowest BCUT2D eigenvalue weighted by Gasteiger charge is -2.13. The fourth-order valence-electron chi connectivity index (χ4n) is 1.43. The molecular formula is C10H13N3O2. The Morgan fingerprint density at radius 3 is 3.40 bits per heavy atom. The number of rotatable bonds is 3. The van der Waals surface area contributed by atoms with Crippen molar-refractivity contribution < 1.29 is 9.53 Å². The van der Waals surface area contributed by atoms with Crippen LogP contribution in [0.25, 0.3) is 0 Å². The second-order valence-electron chi connectivity index (χ2n) is 3.29. The predicted molar refractivity (Wildman–Crippen MR) is 54.9 cm³/mol. The Hall–Kier alpha value is -1.78. The van der Waals surface area contributed by atoms with Gasteiger partial charge < -0.3 is 10.1 Å². The Kier molecular flexibility index (Phi) is 2.71. The van der Waals surface area contributed by atoms with E-state index in [1.807, 2.05) is 0 Å². The molecule has 5 heteroatoms. The van der Waals surface area contributed by atoms with Gasteiger partial charge in [0.05, 0.1) is 6.61 Å². The SMILES string of the molecule is C=CCNC(=O)c1cc2n(n1)CCCO2. The van der Waals surface area contributed by atoms with E-state index in [0.29, 0.717) is 24.7 Å². The molecule has 80 valence electrons. The monoisotopic (exact) mass is 207 g/mol. The van der Waals surface area contributed by atoms with Crippen LogP contribution in [0.1, 0.15) is 16.9 Å². The molecule has 0 saturated heterocycles. The second-order valence-corrected chi connectivity index (χ2v) is 3.29. The number of hydrogen-bond acceptors (Lipinski definition) is 3. The van der Waals surface area contributed by atoms with E-state index in [4.69, 9.17) is 4.74 Å². The van der Waals surface area contributed by atoms with Crippen molar-refractivity contribution in [3.63, 3.8) is 0 Å². The highest BCUT2D eigenvalue weighted by Gasteiger charge is 2.16. The molecule has 0 aliphatic carbocycles. The number of aromatic nitrogens is 2. The van der Waals surface area contributed by atoms with Gasteiger partial charge in [0, 0.05) is 25.6 Å². The molecular weight excluding hydrogens is 194 g/mol. The molecule has 15 heavy (non-hydrogen) atoms. The van der Waals surface area contributed by atoms with Crippen molar-refractivity contribution in [1.82, 2.24) is 15.1 Å². The highest BCUT2D eigenvalue weighted by molar-refractivity contribution is 5.92. The lowest BCUT2D eigenvalue weighted by atomic mass is 10.4. The van der Waals surface area contributed by atoms with Crippen LogP contribution in [0, 0.1) is 0 Å². The standard InChI is InChI=1S/C10H13N3O2/c1-2-4-11-10(14)8-7-9-13(12-8)5-3-6-15-9/h2,7H,1,3-6H2,(H,11,14). The maximum atomic E-state index is 11.5. The van der Waals surface area contributed by atoms with Gasteiger partial charge in [0.25, 0.3) is 5.91 Å². The first-order chi connectivity index (χ1) is 7.31. The van der Waals surface area contributed by atoms with Crippen molar-refractivity contribution >= 4 is 5.91 Å². The predicted octanol–water partition coefficient (Wildman–Crippen LogP) is 0.581. The van der Waals surface area contributed by atoms with Gasteiger partial charge in [0.1, 0.15) is 0 Å². The number of carbonyl (C=O) groups is 1. The molecule has 0 radical (unpaired) electrons. The van der Waals surface area contributed by atoms with Gasteiger partial charge in [-0.3, -0.25) is 4.79 Å². The van der Waals surface area contributed by atoms with Crippen LogP contribution in [-0.2, 0) is 6.54 Å². The Morgan fingerprint density at radius 2 is 2.67 bits per heavy atom. The van der Waals surface area contributed by atoms with Gasteiger partial charge >= 0.3 is 0 Å². The summed E-state index contributed by atoms with van der Waals surface area (Å²) in [6.45, 7) is 5.48. The molecule has 0 spiro atoms. The van der Waals surface area contributed by atoms with Gasteiger partial charge in [-0.15, -0.1) is 6.58 Å². The molecule has 5 nitrogen and oxygen atoms in total. The highest BCUT2D eigenvalue weighted by Crippen LogP contribution is 2.17. The summed E-state index contributed by atoms with van der Waals surface area (Å²) in [6, 6.07) is 1.66. The van der Waals surface area contributed by atoms with Crippen molar-refractivity contribution in [3.8, 4) is 5.88 Å². The van der Waals surface area contributed by atoms with Gasteiger partial charge in [-0.1, -0.05) is 6.08 Å². The quantitative estimate of drug-likeness (QED) is 0.738. The Labute approximate surface area is 87.7 Å². The van der Waals surface area contributed by atoms with E-state index in [1.165, 1.54) is 0 Å². The maximum absolute atomic E-state index is 11.5. The molecule has 1 aliphatic heterocycles. The van der Waals surface area contributed by atoms with Crippen molar-refractivity contribution in [2.45, 2.75) is 13.0 Å². The van der Waals surface area contributed by atoms with E-state index in [-0.39, 0.29) is 5.91 Å². The number of ether oxygens (including phenoxy) is 1. The average molecular weight is 207 g/mol. The van der Waals surface area contributed by atoms with Crippen LogP contribution in [0.3, 0.4) is 0 Å². The molecule has 2 heterocycles. The zero-order chi connectivity index (χ0) is 10.7. The maximum Gasteiger partial charge on any atom is 0.272 e. The number of nitrogens with zero attached hydrogens (tertiary/aromatic N) is 2. The van der Waals surface area contributed by atoms with Gasteiger partial charge in [0.2, 0.25) is 5.88 Å². The third-order valence-corrected chi connectivity index (χ3v) is 2.15. The number of nitrogens with one attached hydrogen (secondary N) is 1. The Bertz CT molecular complexity index is 361. The van der Waals surface area contributed by atoms with Gasteiger partial charge in [-0.2, -0.15) is 5.10 Å². The average Bonchev–Trinajstić information content (AvgIpc) is 2.69. The topological polar surface area (TPSA) is 56.2 Å². The van der Waals surface area contributed by atoms with Crippen LogP contribution in [0.2, 0.25) is 0 Å². The number of hydrogen-bond donors (Lipinski definition) is 1. The second kappa shape index (κ2) is 4.16. The molecule has 2 rings (SSSR count). The third-order valence-electron chi connectivity index (χ3n) is 2.15. The smallest absolute Gasteiger partial charge is 0.272 e. The summed E-state index contributed by atoms with van der Waals surface area (Å²) >= 11 is 0. The van der Waals surface area contributed by atoms with Crippen LogP contribution < -0.4 is 10.1 Å². The molecule has 1 aliphatic rings. The minimum Gasteiger partial charge on any atom is -0.478 e. The van der Waals surface area contributed by atoms with E-state index in [0.717, 1.165) is 13.0 Å². The van der Waals surface area contributed by atoms with Crippen molar-refractivity contribution in [2.75, 3.05) is 13.2 Å². The zero-order valence-electron chi connectivity index (χ0n) is 8.40. The van der Waals surface area contributed by atoms with E-state index in [9.17, 15) is 4.79 Å². The number of fused-ring (bicyclic) bond motifs is 1. The molecule has 0 fully saturated rings. The van der Waals surface area contributed by atoms with Crippen LogP contribution in [-0.4, -0.2) is 28.8 Å². The summed E-state index contributed by atoms with van der Waals surface area (Å²) in [4.78, 5) is 11.5. The fraction of sp³-hybridized carbons (Fsp3) is 0.400. The van der Waals surface area contributed by atoms with E-state index >= 15 is 0 Å². The number of aryl methyl sites for hydroxylation is 1. The summed E-state index contributed by atoms with van der Waals surface area (Å²) in [7, 11) is 0. The van der Waals surface area contributed by atoms with E-state index in [1.54, 1.807) is 16.8 Å². The normalized spacial score (nSPS) is 13.9. The molecule has 0 saturated carbocycles. The van der Waals surface area contributed by atoms with Crippen molar-refractivity contribution in [3.05, 3.63) is 24.4 Å². The minimum absolute atomic E-state index is 0.194. The van der Waals surface area contributed by atoms with Crippen molar-refractivity contribution in [1.29, 1.82) is 0 Å². The molecule has 1 aromatic rings. The zero-order valence-corrected chi connectivity index (χ0v) is 8.40. The van der Waals surface area contributed by atoms with Gasteiger partial charge in [-0.25, -0.2) is 4.68 Å². The number of amides is 1. The Balaban J connectivity index is 2.11. The molecule has 1 aromatic heterocycles. The summed E-state index contributed by atoms with van der Waals surface area (Å²) < 4.78 is 7.07. The molecule has 1 N–H and O–H groups in total. The van der Waals surface area contributed by atoms with Gasteiger partial charge in [-0.05, 0) is 0 Å². The summed E-state index contributed by atoms with van der Waals surface area (Å²) in [5.41, 5.74) is 0.397. The largest absolute Gasteiger partial charge is 0.478 e. The third kappa shape index (κ3) is 2.01. The summed E-state index contributed by atoms with van der Waals surface area (Å²) in [6.07, 6.45) is 2.56. The summed E-state index contributed by atoms with van der Waals surface area (Å²) in [5, 5.41) is 6.82. The van der Waals surface area contributed by atoms with E-state index in [2.05, 4.69) is 17.0 Å². The van der Waals surface area contributed by atoms with Crippen LogP contribution in [0.4, 0.5) is 0 Å². The minimum atomic E-state index is -0.194. The van der Waals surface area contributed by atoms with Gasteiger partial charge in [0.15, 0.2) is 5.69 Å². The lowest BCUT2D eigenvalue weighted by molar-refractivity contribution is 0.0952. The first kappa shape index (κ1) is 9.76. The highest BCUT2D eigenvalue weighted by atomic mass is 16.5. The number of carbonyl (C=O) groups excluding carboxylic acids is 1. The van der Waals surface area contributed by atoms with E-state index < -0.39 is 0 Å². The first-order valence-electron chi connectivity index (χ1n) is 4.91. The van der Waals surface area contributed by atoms with Crippen LogP contribution in [0.5, 0.6) is 5.88 Å². The Morgan fingerprint density at radius 1 is 1.80 bits per heavy atom. The first-order valence-corrected chi connectivity index (χ1v) is 4.91. The van der Waals surface area contributed by atoms with Crippen LogP contribution in [0.15, 0.2) is 18.7 Å². The van der Waals surface area contributed by atoms with Crippen molar-refractivity contribution in [2.24, 2.45) is 0 Å². The lowest BCUT2D eigenvalue weighted by Crippen LogP contribution is -2.23. The molecule has 0 bridgehead atoms.